The van der Waals surface area contributed by atoms with Crippen LogP contribution in [0.3, 0.4) is 0 Å². The molecule has 1 aromatic heterocycles. The largest absolute Gasteiger partial charge is 0.339 e. The molecule has 0 saturated heterocycles. The molecule has 0 saturated carbocycles. The summed E-state index contributed by atoms with van der Waals surface area (Å²) in [6, 6.07) is 0. The average Bonchev–Trinajstić information content (AvgIpc) is 2.88. The van der Waals surface area contributed by atoms with Crippen molar-refractivity contribution in [1.29, 1.82) is 0 Å². The highest BCUT2D eigenvalue weighted by atomic mass is 35.5. The van der Waals surface area contributed by atoms with E-state index in [1.165, 1.54) is 0 Å². The van der Waals surface area contributed by atoms with E-state index in [2.05, 4.69) is 34.5 Å². The van der Waals surface area contributed by atoms with E-state index in [4.69, 9.17) is 16.6 Å². The number of imidazole rings is 1. The van der Waals surface area contributed by atoms with Gasteiger partial charge in [0.05, 0.1) is 0 Å². The van der Waals surface area contributed by atoms with Crippen LogP contribution < -0.4 is 5.32 Å². The Kier molecular flexibility index (Phi) is 11.1. The lowest BCUT2D eigenvalue weighted by molar-refractivity contribution is 1.03. The minimum atomic E-state index is 0.705. The topological polar surface area (TPSA) is 54.6 Å². The molecular weight excluding hydrogens is 382 g/mol. The molecule has 1 aliphatic carbocycles. The van der Waals surface area contributed by atoms with Gasteiger partial charge in [-0.1, -0.05) is 29.8 Å². The smallest absolute Gasteiger partial charge is 0.143 e. The normalized spacial score (nSPS) is 14.7. The van der Waals surface area contributed by atoms with E-state index in [1.54, 1.807) is 12.4 Å². The second-order valence-corrected chi connectivity index (χ2v) is 6.19. The van der Waals surface area contributed by atoms with Crippen molar-refractivity contribution in [1.82, 2.24) is 9.55 Å². The van der Waals surface area contributed by atoms with E-state index in [0.717, 1.165) is 41.6 Å². The van der Waals surface area contributed by atoms with Crippen LogP contribution >= 0.6 is 11.6 Å². The van der Waals surface area contributed by atoms with Gasteiger partial charge in [-0.05, 0) is 46.3 Å². The van der Waals surface area contributed by atoms with Crippen LogP contribution in [0, 0.1) is 6.92 Å². The van der Waals surface area contributed by atoms with Crippen molar-refractivity contribution in [3.8, 4) is 0 Å². The van der Waals surface area contributed by atoms with Gasteiger partial charge >= 0.3 is 0 Å². The van der Waals surface area contributed by atoms with Crippen LogP contribution in [0.2, 0.25) is 0 Å². The fraction of sp³-hybridized carbons (Fsp3) is 0.261. The standard InChI is InChI=1S/C21H26ClN5.C2H4/c1-5-17(15-24-7-3)20-21(26-19-11-9-8-10-18(22)14-19)27(16(4)25-20)13-12-23-6-2;1-2/h5-6,9-15,26H,7-8H2,1-4H3;1-2H2/b13-12-,17-5+,23-6?,24-15?;. The van der Waals surface area contributed by atoms with Gasteiger partial charge in [0, 0.05) is 47.7 Å². The third-order valence-corrected chi connectivity index (χ3v) is 4.10. The summed E-state index contributed by atoms with van der Waals surface area (Å²) >= 11 is 6.24. The number of aliphatic imine (C=N–C) groups is 2. The zero-order valence-corrected chi connectivity index (χ0v) is 18.4. The molecule has 0 fully saturated rings. The van der Waals surface area contributed by atoms with E-state index in [-0.39, 0.29) is 0 Å². The quantitative estimate of drug-likeness (QED) is 0.417. The third-order valence-electron chi connectivity index (χ3n) is 3.84. The van der Waals surface area contributed by atoms with Crippen molar-refractivity contribution in [2.24, 2.45) is 9.98 Å². The van der Waals surface area contributed by atoms with E-state index in [9.17, 15) is 0 Å². The van der Waals surface area contributed by atoms with Crippen LogP contribution in [-0.4, -0.2) is 28.5 Å². The Morgan fingerprint density at radius 1 is 1.38 bits per heavy atom. The summed E-state index contributed by atoms with van der Waals surface area (Å²) in [6.07, 6.45) is 18.0. The molecule has 5 nitrogen and oxygen atoms in total. The number of hydrogen-bond acceptors (Lipinski definition) is 4. The van der Waals surface area contributed by atoms with Crippen LogP contribution in [-0.2, 0) is 0 Å². The minimum absolute atomic E-state index is 0.705. The van der Waals surface area contributed by atoms with Gasteiger partial charge in [0.1, 0.15) is 17.3 Å². The number of nitrogens with zero attached hydrogens (tertiary/aromatic N) is 4. The third kappa shape index (κ3) is 7.20. The summed E-state index contributed by atoms with van der Waals surface area (Å²) < 4.78 is 1.98. The molecule has 1 aliphatic rings. The molecule has 29 heavy (non-hydrogen) atoms. The predicted octanol–water partition coefficient (Wildman–Crippen LogP) is 6.39. The molecule has 0 unspecified atom stereocenters. The lowest BCUT2D eigenvalue weighted by atomic mass is 10.2. The Bertz CT molecular complexity index is 879. The number of hydrogen-bond donors (Lipinski definition) is 1. The van der Waals surface area contributed by atoms with Gasteiger partial charge in [-0.25, -0.2) is 4.98 Å². The van der Waals surface area contributed by atoms with Crippen LogP contribution in [0.15, 0.2) is 70.5 Å². The maximum absolute atomic E-state index is 6.24. The second kappa shape index (κ2) is 13.3. The lowest BCUT2D eigenvalue weighted by Crippen LogP contribution is -2.05. The lowest BCUT2D eigenvalue weighted by Gasteiger charge is -2.11. The first-order valence-corrected chi connectivity index (χ1v) is 9.89. The summed E-state index contributed by atoms with van der Waals surface area (Å²) in [6.45, 7) is 14.6. The maximum Gasteiger partial charge on any atom is 0.143 e. The van der Waals surface area contributed by atoms with Gasteiger partial charge < -0.3 is 5.32 Å². The van der Waals surface area contributed by atoms with Gasteiger partial charge in [0.2, 0.25) is 0 Å². The first kappa shape index (κ1) is 24.1. The second-order valence-electron chi connectivity index (χ2n) is 5.76. The van der Waals surface area contributed by atoms with Gasteiger partial charge in [-0.2, -0.15) is 0 Å². The van der Waals surface area contributed by atoms with Gasteiger partial charge in [0.25, 0.3) is 0 Å². The van der Waals surface area contributed by atoms with Crippen molar-refractivity contribution in [3.05, 3.63) is 72.0 Å². The zero-order chi connectivity index (χ0) is 21.6. The number of nitrogens with one attached hydrogen (secondary N) is 1. The van der Waals surface area contributed by atoms with E-state index >= 15 is 0 Å². The van der Waals surface area contributed by atoms with Crippen molar-refractivity contribution < 1.29 is 0 Å². The Hall–Kier alpha value is -2.92. The maximum atomic E-state index is 6.24. The first-order chi connectivity index (χ1) is 14.1. The van der Waals surface area contributed by atoms with Crippen LogP contribution in [0.4, 0.5) is 5.82 Å². The predicted molar refractivity (Wildman–Crippen MR) is 130 cm³/mol. The molecule has 6 heteroatoms. The van der Waals surface area contributed by atoms with E-state index in [0.29, 0.717) is 5.03 Å². The zero-order valence-electron chi connectivity index (χ0n) is 17.7. The fourth-order valence-corrected chi connectivity index (χ4v) is 2.75. The van der Waals surface area contributed by atoms with E-state index in [1.807, 2.05) is 69.0 Å². The molecule has 1 aromatic rings. The summed E-state index contributed by atoms with van der Waals surface area (Å²) in [4.78, 5) is 13.3. The highest BCUT2D eigenvalue weighted by Gasteiger charge is 2.17. The van der Waals surface area contributed by atoms with Gasteiger partial charge in [-0.15, -0.1) is 13.2 Å². The molecule has 0 radical (unpaired) electrons. The Balaban J connectivity index is 0.00000204. The monoisotopic (exact) mass is 411 g/mol. The molecule has 0 aromatic carbocycles. The molecule has 1 N–H and O–H groups in total. The summed E-state index contributed by atoms with van der Waals surface area (Å²) in [7, 11) is 0. The molecular formula is C23H30ClN5. The highest BCUT2D eigenvalue weighted by Crippen LogP contribution is 2.27. The SMILES string of the molecule is C=C.CC=N/C=C\n1c(C)nc(/C(C=NCC)=C/C)c1NC1=CC(Cl)=CCC=C1. The Labute approximate surface area is 179 Å². The first-order valence-electron chi connectivity index (χ1n) is 9.51. The average molecular weight is 412 g/mol. The number of anilines is 1. The van der Waals surface area contributed by atoms with E-state index < -0.39 is 0 Å². The van der Waals surface area contributed by atoms with Crippen LogP contribution in [0.5, 0.6) is 0 Å². The van der Waals surface area contributed by atoms with Crippen molar-refractivity contribution in [2.45, 2.75) is 34.1 Å². The Morgan fingerprint density at radius 3 is 2.79 bits per heavy atom. The Morgan fingerprint density at radius 2 is 2.14 bits per heavy atom. The van der Waals surface area contributed by atoms with Crippen LogP contribution in [0.1, 0.15) is 38.7 Å². The minimum Gasteiger partial charge on any atom is -0.339 e. The van der Waals surface area contributed by atoms with Crippen molar-refractivity contribution in [2.75, 3.05) is 11.9 Å². The molecule has 0 aliphatic heterocycles. The molecule has 2 rings (SSSR count). The number of allylic oxidation sites excluding steroid dienone is 7. The van der Waals surface area contributed by atoms with Crippen LogP contribution in [0.25, 0.3) is 11.8 Å². The fourth-order valence-electron chi connectivity index (χ4n) is 2.55. The molecule has 0 amide bonds. The number of halogens is 1. The van der Waals surface area contributed by atoms with Gasteiger partial charge in [0.15, 0.2) is 0 Å². The summed E-state index contributed by atoms with van der Waals surface area (Å²) in [5.74, 6) is 1.69. The molecule has 0 bridgehead atoms. The number of aryl methyl sites for hydroxylation is 1. The molecule has 0 atom stereocenters. The summed E-state index contributed by atoms with van der Waals surface area (Å²) in [5.41, 5.74) is 2.68. The van der Waals surface area contributed by atoms with Crippen molar-refractivity contribution >= 4 is 41.6 Å². The summed E-state index contributed by atoms with van der Waals surface area (Å²) in [5, 5.41) is 4.18. The highest BCUT2D eigenvalue weighted by molar-refractivity contribution is 6.31. The number of aromatic nitrogens is 2. The molecule has 1 heterocycles. The van der Waals surface area contributed by atoms with Crippen molar-refractivity contribution in [3.63, 3.8) is 0 Å². The van der Waals surface area contributed by atoms with Gasteiger partial charge in [-0.3, -0.25) is 14.6 Å². The molecule has 154 valence electrons. The number of rotatable bonds is 7. The molecule has 0 spiro atoms.